The van der Waals surface area contributed by atoms with Crippen LogP contribution in [0.5, 0.6) is 0 Å². The number of carbonyl (C=O) groups excluding carboxylic acids is 2. The first-order valence-electron chi connectivity index (χ1n) is 5.04. The van der Waals surface area contributed by atoms with Gasteiger partial charge in [-0.15, -0.1) is 0 Å². The average molecular weight is 252 g/mol. The van der Waals surface area contributed by atoms with Gasteiger partial charge in [-0.25, -0.2) is 0 Å². The molecular weight excluding hydrogens is 228 g/mol. The molecule has 0 saturated heterocycles. The minimum absolute atomic E-state index is 0. The van der Waals surface area contributed by atoms with E-state index in [1.54, 1.807) is 0 Å². The third-order valence-corrected chi connectivity index (χ3v) is 0.803. The zero-order chi connectivity index (χ0) is 13.6. The monoisotopic (exact) mass is 252 g/mol. The Bertz CT molecular complexity index is 180. The summed E-state index contributed by atoms with van der Waals surface area (Å²) in [6, 6.07) is 0. The number of carboxylic acid groups (broad SMARTS) is 1. The van der Waals surface area contributed by atoms with E-state index in [0.717, 1.165) is 19.8 Å². The van der Waals surface area contributed by atoms with E-state index in [9.17, 15) is 9.59 Å². The standard InChI is InChI=1S/C6H12O2.C3H6O.C2H4O2.H2O/c1-3-4-5-8-6(2)7;1-3(2)4;1-2(3)4;/h3-5H2,1-2H3;1-2H3;1H3,(H,3,4);1H2. The van der Waals surface area contributed by atoms with Crippen LogP contribution >= 0.6 is 0 Å². The van der Waals surface area contributed by atoms with Crippen molar-refractivity contribution in [3.8, 4) is 0 Å². The Labute approximate surface area is 102 Å². The second-order valence-electron chi connectivity index (χ2n) is 3.12. The fourth-order valence-corrected chi connectivity index (χ4v) is 0.360. The van der Waals surface area contributed by atoms with Gasteiger partial charge in [0, 0.05) is 13.8 Å². The van der Waals surface area contributed by atoms with Crippen molar-refractivity contribution < 1.29 is 29.7 Å². The minimum atomic E-state index is -0.833. The predicted molar refractivity (Wildman–Crippen MR) is 64.8 cm³/mol. The van der Waals surface area contributed by atoms with Crippen molar-refractivity contribution in [2.75, 3.05) is 6.61 Å². The van der Waals surface area contributed by atoms with Crippen LogP contribution in [-0.4, -0.2) is 34.9 Å². The van der Waals surface area contributed by atoms with Gasteiger partial charge >= 0.3 is 5.97 Å². The summed E-state index contributed by atoms with van der Waals surface area (Å²) >= 11 is 0. The first kappa shape index (κ1) is 24.7. The molecule has 0 atom stereocenters. The van der Waals surface area contributed by atoms with E-state index in [1.165, 1.54) is 20.8 Å². The molecule has 0 aliphatic carbocycles. The van der Waals surface area contributed by atoms with Gasteiger partial charge in [-0.2, -0.15) is 0 Å². The number of hydrogen-bond donors (Lipinski definition) is 1. The molecule has 0 heterocycles. The highest BCUT2D eigenvalue weighted by Crippen LogP contribution is 1.86. The topological polar surface area (TPSA) is 112 Å². The number of ether oxygens (including phenoxy) is 1. The molecule has 6 heteroatoms. The Morgan fingerprint density at radius 1 is 1.06 bits per heavy atom. The zero-order valence-corrected chi connectivity index (χ0v) is 11.2. The predicted octanol–water partition coefficient (Wildman–Crippen LogP) is 1.21. The molecule has 0 bridgehead atoms. The van der Waals surface area contributed by atoms with Crippen molar-refractivity contribution in [1.29, 1.82) is 0 Å². The largest absolute Gasteiger partial charge is 0.481 e. The highest BCUT2D eigenvalue weighted by Gasteiger charge is 1.88. The summed E-state index contributed by atoms with van der Waals surface area (Å²) in [6.45, 7) is 8.20. The highest BCUT2D eigenvalue weighted by molar-refractivity contribution is 5.72. The molecule has 0 aliphatic rings. The summed E-state index contributed by atoms with van der Waals surface area (Å²) in [5.74, 6) is -0.849. The quantitative estimate of drug-likeness (QED) is 0.599. The van der Waals surface area contributed by atoms with E-state index in [4.69, 9.17) is 9.90 Å². The number of aliphatic carboxylic acids is 1. The van der Waals surface area contributed by atoms with Crippen molar-refractivity contribution in [2.45, 2.75) is 47.5 Å². The molecule has 0 aromatic heterocycles. The van der Waals surface area contributed by atoms with Crippen LogP contribution in [-0.2, 0) is 19.1 Å². The molecule has 0 unspecified atom stereocenters. The molecular formula is C11H24O6. The summed E-state index contributed by atoms with van der Waals surface area (Å²) in [6.07, 6.45) is 2.05. The van der Waals surface area contributed by atoms with Gasteiger partial charge in [0.15, 0.2) is 0 Å². The van der Waals surface area contributed by atoms with Gasteiger partial charge in [0.2, 0.25) is 0 Å². The Kier molecular flexibility index (Phi) is 29.1. The van der Waals surface area contributed by atoms with E-state index in [-0.39, 0.29) is 17.2 Å². The van der Waals surface area contributed by atoms with Crippen molar-refractivity contribution in [3.63, 3.8) is 0 Å². The van der Waals surface area contributed by atoms with E-state index in [1.807, 2.05) is 0 Å². The fraction of sp³-hybridized carbons (Fsp3) is 0.727. The molecule has 0 saturated carbocycles. The maximum Gasteiger partial charge on any atom is 0.302 e. The molecule has 0 fully saturated rings. The van der Waals surface area contributed by atoms with Gasteiger partial charge in [-0.3, -0.25) is 9.59 Å². The molecule has 0 rings (SSSR count). The summed E-state index contributed by atoms with van der Waals surface area (Å²) in [5.41, 5.74) is 0. The van der Waals surface area contributed by atoms with Gasteiger partial charge in [0.05, 0.1) is 6.61 Å². The third kappa shape index (κ3) is 181. The van der Waals surface area contributed by atoms with Gasteiger partial charge in [-0.1, -0.05) is 13.3 Å². The molecule has 0 aromatic rings. The van der Waals surface area contributed by atoms with Crippen molar-refractivity contribution >= 4 is 17.7 Å². The van der Waals surface area contributed by atoms with Gasteiger partial charge < -0.3 is 20.1 Å². The molecule has 0 spiro atoms. The van der Waals surface area contributed by atoms with E-state index in [0.29, 0.717) is 6.61 Å². The molecule has 104 valence electrons. The van der Waals surface area contributed by atoms with Gasteiger partial charge in [0.25, 0.3) is 5.97 Å². The molecule has 0 radical (unpaired) electrons. The van der Waals surface area contributed by atoms with E-state index in [2.05, 4.69) is 11.7 Å². The summed E-state index contributed by atoms with van der Waals surface area (Å²) in [7, 11) is 0. The lowest BCUT2D eigenvalue weighted by atomic mass is 10.4. The summed E-state index contributed by atoms with van der Waals surface area (Å²) in [5, 5.41) is 7.42. The van der Waals surface area contributed by atoms with Crippen LogP contribution in [0.4, 0.5) is 0 Å². The number of hydrogen-bond acceptors (Lipinski definition) is 4. The lowest BCUT2D eigenvalue weighted by molar-refractivity contribution is -0.141. The summed E-state index contributed by atoms with van der Waals surface area (Å²) in [4.78, 5) is 28.5. The first-order valence-corrected chi connectivity index (χ1v) is 5.04. The van der Waals surface area contributed by atoms with Crippen LogP contribution in [0, 0.1) is 0 Å². The highest BCUT2D eigenvalue weighted by atomic mass is 16.5. The van der Waals surface area contributed by atoms with Crippen LogP contribution in [0.15, 0.2) is 0 Å². The number of esters is 1. The van der Waals surface area contributed by atoms with E-state index >= 15 is 0 Å². The van der Waals surface area contributed by atoms with Crippen molar-refractivity contribution in [1.82, 2.24) is 0 Å². The molecule has 3 N–H and O–H groups in total. The van der Waals surface area contributed by atoms with Gasteiger partial charge in [0.1, 0.15) is 5.78 Å². The lowest BCUT2D eigenvalue weighted by Gasteiger charge is -1.96. The summed E-state index contributed by atoms with van der Waals surface area (Å²) < 4.78 is 4.64. The Balaban J connectivity index is -0.0000000806. The van der Waals surface area contributed by atoms with Crippen molar-refractivity contribution in [2.24, 2.45) is 0 Å². The molecule has 0 aliphatic heterocycles. The Morgan fingerprint density at radius 3 is 1.53 bits per heavy atom. The zero-order valence-electron chi connectivity index (χ0n) is 11.2. The Hall–Kier alpha value is -1.43. The molecule has 0 aromatic carbocycles. The van der Waals surface area contributed by atoms with Crippen molar-refractivity contribution in [3.05, 3.63) is 0 Å². The number of carbonyl (C=O) groups is 3. The lowest BCUT2D eigenvalue weighted by Crippen LogP contribution is -1.99. The van der Waals surface area contributed by atoms with Crippen LogP contribution < -0.4 is 0 Å². The Morgan fingerprint density at radius 2 is 1.35 bits per heavy atom. The fourth-order valence-electron chi connectivity index (χ4n) is 0.360. The second-order valence-corrected chi connectivity index (χ2v) is 3.12. The smallest absolute Gasteiger partial charge is 0.302 e. The second kappa shape index (κ2) is 20.0. The number of Topliss-reactive ketones (excluding diaryl/α,β-unsaturated/α-hetero) is 1. The maximum atomic E-state index is 10.1. The van der Waals surface area contributed by atoms with Gasteiger partial charge in [-0.05, 0) is 20.3 Å². The normalized spacial score (nSPS) is 7.12. The van der Waals surface area contributed by atoms with Crippen LogP contribution in [0.1, 0.15) is 47.5 Å². The maximum absolute atomic E-state index is 10.1. The van der Waals surface area contributed by atoms with E-state index < -0.39 is 5.97 Å². The van der Waals surface area contributed by atoms with Crippen LogP contribution in [0.3, 0.4) is 0 Å². The third-order valence-electron chi connectivity index (χ3n) is 0.803. The number of carboxylic acids is 1. The number of ketones is 1. The molecule has 17 heavy (non-hydrogen) atoms. The molecule has 0 amide bonds. The minimum Gasteiger partial charge on any atom is -0.481 e. The molecule has 6 nitrogen and oxygen atoms in total. The number of rotatable bonds is 3. The van der Waals surface area contributed by atoms with Crippen LogP contribution in [0.2, 0.25) is 0 Å². The first-order chi connectivity index (χ1) is 7.23. The SMILES string of the molecule is CC(=O)O.CC(C)=O.CCCCOC(C)=O.O. The average Bonchev–Trinajstić information content (AvgIpc) is 2.01. The van der Waals surface area contributed by atoms with Crippen LogP contribution in [0.25, 0.3) is 0 Å². The number of unbranched alkanes of at least 4 members (excludes halogenated alkanes) is 1.